The van der Waals surface area contributed by atoms with E-state index in [9.17, 15) is 0 Å². The summed E-state index contributed by atoms with van der Waals surface area (Å²) in [6.45, 7) is 4.84. The first kappa shape index (κ1) is 12.6. The zero-order chi connectivity index (χ0) is 11.9. The molecule has 1 aliphatic heterocycles. The van der Waals surface area contributed by atoms with Gasteiger partial charge in [0.05, 0.1) is 13.2 Å². The Hall–Kier alpha value is -0.900. The van der Waals surface area contributed by atoms with Crippen LogP contribution in [0.15, 0.2) is 30.3 Å². The first-order chi connectivity index (χ1) is 8.34. The Morgan fingerprint density at radius 3 is 2.88 bits per heavy atom. The third-order valence-electron chi connectivity index (χ3n) is 3.16. The summed E-state index contributed by atoms with van der Waals surface area (Å²) in [6, 6.07) is 11.1. The number of ether oxygens (including phenoxy) is 1. The highest BCUT2D eigenvalue weighted by Gasteiger charge is 2.14. The molecular weight excluding hydrogens is 212 g/mol. The van der Waals surface area contributed by atoms with Crippen molar-refractivity contribution in [1.82, 2.24) is 10.2 Å². The Morgan fingerprint density at radius 2 is 2.18 bits per heavy atom. The average Bonchev–Trinajstić information content (AvgIpc) is 2.39. The van der Waals surface area contributed by atoms with Crippen LogP contribution in [0.3, 0.4) is 0 Å². The molecule has 1 unspecified atom stereocenters. The first-order valence-corrected chi connectivity index (χ1v) is 6.38. The van der Waals surface area contributed by atoms with Gasteiger partial charge >= 0.3 is 0 Å². The second-order valence-electron chi connectivity index (χ2n) is 4.72. The zero-order valence-corrected chi connectivity index (χ0v) is 10.6. The van der Waals surface area contributed by atoms with E-state index in [2.05, 4.69) is 47.6 Å². The van der Waals surface area contributed by atoms with Gasteiger partial charge in [0.1, 0.15) is 0 Å². The number of likely N-dealkylation sites (N-methyl/N-ethyl adjacent to an activating group) is 1. The molecular formula is C14H22N2O. The Bertz CT molecular complexity index is 309. The summed E-state index contributed by atoms with van der Waals surface area (Å²) in [5.41, 5.74) is 1.41. The number of nitrogens with zero attached hydrogens (tertiary/aromatic N) is 1. The van der Waals surface area contributed by atoms with Gasteiger partial charge in [-0.05, 0) is 19.0 Å². The second-order valence-corrected chi connectivity index (χ2v) is 4.72. The fourth-order valence-corrected chi connectivity index (χ4v) is 2.17. The molecule has 1 aromatic carbocycles. The number of hydrogen-bond donors (Lipinski definition) is 1. The molecule has 3 heteroatoms. The van der Waals surface area contributed by atoms with Crippen LogP contribution in [-0.4, -0.2) is 50.8 Å². The van der Waals surface area contributed by atoms with Crippen molar-refractivity contribution in [1.29, 1.82) is 0 Å². The van der Waals surface area contributed by atoms with E-state index in [-0.39, 0.29) is 0 Å². The molecule has 2 rings (SSSR count). The van der Waals surface area contributed by atoms with Crippen molar-refractivity contribution >= 4 is 0 Å². The fourth-order valence-electron chi connectivity index (χ4n) is 2.17. The van der Waals surface area contributed by atoms with Crippen LogP contribution in [0.1, 0.15) is 5.56 Å². The van der Waals surface area contributed by atoms with E-state index in [0.717, 1.165) is 39.3 Å². The van der Waals surface area contributed by atoms with Crippen LogP contribution in [0, 0.1) is 0 Å². The van der Waals surface area contributed by atoms with Crippen LogP contribution in [0.2, 0.25) is 0 Å². The van der Waals surface area contributed by atoms with E-state index in [4.69, 9.17) is 4.74 Å². The molecule has 0 aromatic heterocycles. The molecule has 1 fully saturated rings. The highest BCUT2D eigenvalue weighted by atomic mass is 16.5. The summed E-state index contributed by atoms with van der Waals surface area (Å²) >= 11 is 0. The molecule has 3 nitrogen and oxygen atoms in total. The third-order valence-corrected chi connectivity index (χ3v) is 3.16. The molecule has 0 bridgehead atoms. The van der Waals surface area contributed by atoms with Crippen LogP contribution in [0.5, 0.6) is 0 Å². The van der Waals surface area contributed by atoms with Gasteiger partial charge < -0.3 is 15.0 Å². The Balaban J connectivity index is 1.68. The van der Waals surface area contributed by atoms with Gasteiger partial charge in [-0.1, -0.05) is 30.3 Å². The number of hydrogen-bond acceptors (Lipinski definition) is 3. The topological polar surface area (TPSA) is 24.5 Å². The van der Waals surface area contributed by atoms with Crippen LogP contribution in [-0.2, 0) is 11.2 Å². The quantitative estimate of drug-likeness (QED) is 0.827. The van der Waals surface area contributed by atoms with E-state index in [0.29, 0.717) is 6.04 Å². The lowest BCUT2D eigenvalue weighted by atomic mass is 10.1. The lowest BCUT2D eigenvalue weighted by Gasteiger charge is -2.28. The number of benzene rings is 1. The van der Waals surface area contributed by atoms with Crippen molar-refractivity contribution in [3.63, 3.8) is 0 Å². The number of nitrogens with one attached hydrogen (secondary N) is 1. The van der Waals surface area contributed by atoms with Crippen molar-refractivity contribution in [3.05, 3.63) is 35.9 Å². The van der Waals surface area contributed by atoms with Crippen LogP contribution >= 0.6 is 0 Å². The van der Waals surface area contributed by atoms with Crippen molar-refractivity contribution in [2.24, 2.45) is 0 Å². The Kier molecular flexibility index (Phi) is 4.98. The molecule has 1 heterocycles. The molecule has 0 amide bonds. The van der Waals surface area contributed by atoms with E-state index < -0.39 is 0 Å². The molecule has 0 radical (unpaired) electrons. The predicted molar refractivity (Wildman–Crippen MR) is 70.3 cm³/mol. The van der Waals surface area contributed by atoms with Crippen molar-refractivity contribution in [2.45, 2.75) is 12.5 Å². The minimum absolute atomic E-state index is 0.490. The van der Waals surface area contributed by atoms with Crippen LogP contribution in [0.4, 0.5) is 0 Å². The molecule has 1 aliphatic rings. The number of rotatable bonds is 5. The zero-order valence-electron chi connectivity index (χ0n) is 10.6. The molecule has 1 saturated heterocycles. The van der Waals surface area contributed by atoms with Gasteiger partial charge in [0.15, 0.2) is 0 Å². The molecule has 0 aliphatic carbocycles. The van der Waals surface area contributed by atoms with Crippen LogP contribution < -0.4 is 5.32 Å². The van der Waals surface area contributed by atoms with Crippen LogP contribution in [0.25, 0.3) is 0 Å². The third kappa shape index (κ3) is 4.46. The Morgan fingerprint density at radius 1 is 1.35 bits per heavy atom. The summed E-state index contributed by atoms with van der Waals surface area (Å²) in [5.74, 6) is 0. The maximum absolute atomic E-state index is 5.46. The van der Waals surface area contributed by atoms with E-state index in [1.807, 2.05) is 0 Å². The van der Waals surface area contributed by atoms with Gasteiger partial charge in [-0.2, -0.15) is 0 Å². The summed E-state index contributed by atoms with van der Waals surface area (Å²) in [6.07, 6.45) is 1.12. The highest BCUT2D eigenvalue weighted by Crippen LogP contribution is 2.02. The van der Waals surface area contributed by atoms with Gasteiger partial charge in [-0.15, -0.1) is 0 Å². The van der Waals surface area contributed by atoms with E-state index in [1.54, 1.807) is 0 Å². The van der Waals surface area contributed by atoms with E-state index in [1.165, 1.54) is 5.56 Å². The predicted octanol–water partition coefficient (Wildman–Crippen LogP) is 1.15. The maximum Gasteiger partial charge on any atom is 0.0632 e. The van der Waals surface area contributed by atoms with Gasteiger partial charge in [-0.3, -0.25) is 0 Å². The maximum atomic E-state index is 5.46. The van der Waals surface area contributed by atoms with Gasteiger partial charge in [0.25, 0.3) is 0 Å². The van der Waals surface area contributed by atoms with Crippen molar-refractivity contribution < 1.29 is 4.74 Å². The molecule has 1 N–H and O–H groups in total. The van der Waals surface area contributed by atoms with Crippen molar-refractivity contribution in [3.8, 4) is 0 Å². The number of morpholine rings is 1. The fraction of sp³-hybridized carbons (Fsp3) is 0.571. The van der Waals surface area contributed by atoms with Gasteiger partial charge in [-0.25, -0.2) is 0 Å². The summed E-state index contributed by atoms with van der Waals surface area (Å²) in [7, 11) is 2.18. The van der Waals surface area contributed by atoms with Gasteiger partial charge in [0.2, 0.25) is 0 Å². The molecule has 0 saturated carbocycles. The molecule has 1 atom stereocenters. The molecule has 94 valence electrons. The monoisotopic (exact) mass is 234 g/mol. The largest absolute Gasteiger partial charge is 0.378 e. The molecule has 0 spiro atoms. The second kappa shape index (κ2) is 6.74. The van der Waals surface area contributed by atoms with Gasteiger partial charge in [0, 0.05) is 25.7 Å². The normalized spacial score (nSPS) is 20.7. The lowest BCUT2D eigenvalue weighted by Crippen LogP contribution is -2.47. The summed E-state index contributed by atoms with van der Waals surface area (Å²) in [5, 5.41) is 3.48. The standard InChI is InChI=1S/C14H22N2O/c1-16(11-14-12-17-10-8-15-14)9-7-13-5-3-2-4-6-13/h2-6,14-15H,7-12H2,1H3. The minimum atomic E-state index is 0.490. The smallest absolute Gasteiger partial charge is 0.0632 e. The minimum Gasteiger partial charge on any atom is -0.378 e. The summed E-state index contributed by atoms with van der Waals surface area (Å²) < 4.78 is 5.46. The van der Waals surface area contributed by atoms with E-state index >= 15 is 0 Å². The summed E-state index contributed by atoms with van der Waals surface area (Å²) in [4.78, 5) is 2.37. The molecule has 1 aromatic rings. The van der Waals surface area contributed by atoms with Crippen molar-refractivity contribution in [2.75, 3.05) is 39.9 Å². The highest BCUT2D eigenvalue weighted by molar-refractivity contribution is 5.14. The lowest BCUT2D eigenvalue weighted by molar-refractivity contribution is 0.0655. The SMILES string of the molecule is CN(CCc1ccccc1)CC1COCCN1. The average molecular weight is 234 g/mol. The Labute approximate surface area is 104 Å². The molecule has 17 heavy (non-hydrogen) atoms. The first-order valence-electron chi connectivity index (χ1n) is 6.38.